The van der Waals surface area contributed by atoms with Crippen LogP contribution in [0.1, 0.15) is 11.3 Å². The fourth-order valence-electron chi connectivity index (χ4n) is 1.04. The van der Waals surface area contributed by atoms with Gasteiger partial charge in [-0.3, -0.25) is 0 Å². The number of aromatic nitrogens is 1. The van der Waals surface area contributed by atoms with Crippen LogP contribution in [0.25, 0.3) is 0 Å². The van der Waals surface area contributed by atoms with Gasteiger partial charge in [-0.15, -0.1) is 13.2 Å². The summed E-state index contributed by atoms with van der Waals surface area (Å²) >= 11 is 0. The normalized spacial score (nSPS) is 11.6. The zero-order valence-corrected chi connectivity index (χ0v) is 7.88. The van der Waals surface area contributed by atoms with Crippen molar-refractivity contribution in [2.75, 3.05) is 0 Å². The van der Waals surface area contributed by atoms with Crippen LogP contribution in [0.3, 0.4) is 0 Å². The number of hydrogen-bond acceptors (Lipinski definition) is 4. The molecule has 0 saturated carbocycles. The predicted octanol–water partition coefficient (Wildman–Crippen LogP) is 1.07. The lowest BCUT2D eigenvalue weighted by atomic mass is 10.2. The monoisotopic (exact) mass is 240 g/mol. The average molecular weight is 240 g/mol. The van der Waals surface area contributed by atoms with Gasteiger partial charge in [-0.2, -0.15) is 0 Å². The van der Waals surface area contributed by atoms with Gasteiger partial charge < -0.3 is 15.6 Å². The average Bonchev–Trinajstić information content (AvgIpc) is 2.18. The second kappa shape index (κ2) is 4.62. The highest BCUT2D eigenvalue weighted by Gasteiger charge is 2.33. The smallest absolute Gasteiger partial charge is 0.390 e. The molecule has 0 atom stereocenters. The summed E-state index contributed by atoms with van der Waals surface area (Å²) in [7, 11) is 0. The molecule has 0 fully saturated rings. The Balaban J connectivity index is 3.11. The SMILES string of the molecule is NCc1cc(F)c(OC(F)(F)F)nc1CO. The summed E-state index contributed by atoms with van der Waals surface area (Å²) in [5.74, 6) is -2.51. The van der Waals surface area contributed by atoms with Gasteiger partial charge in [0.05, 0.1) is 12.3 Å². The quantitative estimate of drug-likeness (QED) is 0.775. The molecule has 0 aromatic carbocycles. The van der Waals surface area contributed by atoms with E-state index in [1.165, 1.54) is 0 Å². The highest BCUT2D eigenvalue weighted by molar-refractivity contribution is 5.27. The van der Waals surface area contributed by atoms with Gasteiger partial charge >= 0.3 is 6.36 Å². The van der Waals surface area contributed by atoms with Gasteiger partial charge in [-0.05, 0) is 11.6 Å². The topological polar surface area (TPSA) is 68.4 Å². The van der Waals surface area contributed by atoms with E-state index in [0.29, 0.717) is 0 Å². The van der Waals surface area contributed by atoms with Crippen LogP contribution in [-0.4, -0.2) is 16.5 Å². The predicted molar refractivity (Wildman–Crippen MR) is 44.7 cm³/mol. The first-order chi connectivity index (χ1) is 7.37. The van der Waals surface area contributed by atoms with E-state index in [1.54, 1.807) is 0 Å². The molecule has 3 N–H and O–H groups in total. The number of hydrogen-bond donors (Lipinski definition) is 2. The number of rotatable bonds is 3. The number of pyridine rings is 1. The third-order valence-corrected chi connectivity index (χ3v) is 1.69. The molecule has 1 rings (SSSR count). The standard InChI is InChI=1S/C8H8F4N2O2/c9-5-1-4(2-13)6(3-15)14-7(5)16-8(10,11)12/h1,15H,2-3,13H2. The van der Waals surface area contributed by atoms with Crippen molar-refractivity contribution in [1.29, 1.82) is 0 Å². The fraction of sp³-hybridized carbons (Fsp3) is 0.375. The molecule has 0 aliphatic carbocycles. The van der Waals surface area contributed by atoms with Crippen LogP contribution in [0.15, 0.2) is 6.07 Å². The molecule has 0 saturated heterocycles. The number of nitrogens with zero attached hydrogens (tertiary/aromatic N) is 1. The summed E-state index contributed by atoms with van der Waals surface area (Å²) in [4.78, 5) is 3.20. The summed E-state index contributed by atoms with van der Waals surface area (Å²) in [6.07, 6.45) is -5.04. The van der Waals surface area contributed by atoms with Crippen molar-refractivity contribution in [2.24, 2.45) is 5.73 Å². The van der Waals surface area contributed by atoms with Gasteiger partial charge in [0.1, 0.15) is 0 Å². The first-order valence-electron chi connectivity index (χ1n) is 4.12. The van der Waals surface area contributed by atoms with Gasteiger partial charge in [0.15, 0.2) is 5.82 Å². The molecule has 8 heteroatoms. The Labute approximate surface area is 87.7 Å². The van der Waals surface area contributed by atoms with Crippen molar-refractivity contribution in [3.05, 3.63) is 23.1 Å². The Kier molecular flexibility index (Phi) is 3.66. The maximum absolute atomic E-state index is 13.1. The Morgan fingerprint density at radius 3 is 2.50 bits per heavy atom. The van der Waals surface area contributed by atoms with Crippen molar-refractivity contribution < 1.29 is 27.4 Å². The molecular formula is C8H8F4N2O2. The Hall–Kier alpha value is -1.41. The number of aliphatic hydroxyl groups excluding tert-OH is 1. The van der Waals surface area contributed by atoms with Crippen LogP contribution in [0.4, 0.5) is 17.6 Å². The second-order valence-corrected chi connectivity index (χ2v) is 2.79. The minimum absolute atomic E-state index is 0.120. The number of aliphatic hydroxyl groups is 1. The van der Waals surface area contributed by atoms with Gasteiger partial charge in [0.25, 0.3) is 5.88 Å². The molecule has 16 heavy (non-hydrogen) atoms. The van der Waals surface area contributed by atoms with Gasteiger partial charge in [-0.1, -0.05) is 0 Å². The number of alkyl halides is 3. The molecule has 1 heterocycles. The lowest BCUT2D eigenvalue weighted by Crippen LogP contribution is -2.20. The molecule has 1 aromatic rings. The van der Waals surface area contributed by atoms with E-state index in [9.17, 15) is 17.6 Å². The van der Waals surface area contributed by atoms with Gasteiger partial charge in [-0.25, -0.2) is 9.37 Å². The Morgan fingerprint density at radius 1 is 1.44 bits per heavy atom. The molecule has 0 unspecified atom stereocenters. The zero-order valence-electron chi connectivity index (χ0n) is 7.88. The number of nitrogens with two attached hydrogens (primary N) is 1. The molecule has 0 spiro atoms. The van der Waals surface area contributed by atoms with E-state index >= 15 is 0 Å². The van der Waals surface area contributed by atoms with Crippen molar-refractivity contribution in [3.63, 3.8) is 0 Å². The van der Waals surface area contributed by atoms with E-state index in [-0.39, 0.29) is 17.8 Å². The van der Waals surface area contributed by atoms with Crippen molar-refractivity contribution in [1.82, 2.24) is 4.98 Å². The van der Waals surface area contributed by atoms with Crippen LogP contribution in [0.5, 0.6) is 5.88 Å². The van der Waals surface area contributed by atoms with E-state index in [2.05, 4.69) is 9.72 Å². The van der Waals surface area contributed by atoms with E-state index in [1.807, 2.05) is 0 Å². The zero-order chi connectivity index (χ0) is 12.3. The van der Waals surface area contributed by atoms with Crippen molar-refractivity contribution >= 4 is 0 Å². The summed E-state index contributed by atoms with van der Waals surface area (Å²) in [6, 6.07) is 0.750. The van der Waals surface area contributed by atoms with Gasteiger partial charge in [0.2, 0.25) is 0 Å². The van der Waals surface area contributed by atoms with E-state index in [4.69, 9.17) is 10.8 Å². The van der Waals surface area contributed by atoms with Crippen molar-refractivity contribution in [2.45, 2.75) is 19.5 Å². The summed E-state index contributed by atoms with van der Waals surface area (Å²) in [6.45, 7) is -0.798. The molecule has 0 amide bonds. The molecule has 0 bridgehead atoms. The summed E-state index contributed by atoms with van der Waals surface area (Å²) in [5, 5.41) is 8.79. The Bertz CT molecular complexity index is 381. The van der Waals surface area contributed by atoms with Crippen molar-refractivity contribution in [3.8, 4) is 5.88 Å². The molecule has 1 aromatic heterocycles. The molecule has 0 radical (unpaired) electrons. The first-order valence-corrected chi connectivity index (χ1v) is 4.12. The molecule has 90 valence electrons. The summed E-state index contributed by atoms with van der Waals surface area (Å²) in [5.41, 5.74) is 5.16. The van der Waals surface area contributed by atoms with E-state index < -0.39 is 24.7 Å². The van der Waals surface area contributed by atoms with Crippen LogP contribution in [0, 0.1) is 5.82 Å². The van der Waals surface area contributed by atoms with Crippen LogP contribution in [-0.2, 0) is 13.2 Å². The van der Waals surface area contributed by atoms with Crippen LogP contribution >= 0.6 is 0 Å². The number of ether oxygens (including phenoxy) is 1. The van der Waals surface area contributed by atoms with Crippen LogP contribution in [0.2, 0.25) is 0 Å². The minimum atomic E-state index is -5.04. The van der Waals surface area contributed by atoms with Crippen LogP contribution < -0.4 is 10.5 Å². The molecule has 0 aliphatic heterocycles. The Morgan fingerprint density at radius 2 is 2.06 bits per heavy atom. The third-order valence-electron chi connectivity index (χ3n) is 1.69. The largest absolute Gasteiger partial charge is 0.574 e. The maximum atomic E-state index is 13.1. The van der Waals surface area contributed by atoms with E-state index in [0.717, 1.165) is 6.07 Å². The highest BCUT2D eigenvalue weighted by atomic mass is 19.4. The third kappa shape index (κ3) is 3.04. The minimum Gasteiger partial charge on any atom is -0.390 e. The molecule has 0 aliphatic rings. The highest BCUT2D eigenvalue weighted by Crippen LogP contribution is 2.25. The molecule has 4 nitrogen and oxygen atoms in total. The molecular weight excluding hydrogens is 232 g/mol. The summed E-state index contributed by atoms with van der Waals surface area (Å²) < 4.78 is 51.9. The fourth-order valence-corrected chi connectivity index (χ4v) is 1.04. The first kappa shape index (κ1) is 12.7. The maximum Gasteiger partial charge on any atom is 0.574 e. The second-order valence-electron chi connectivity index (χ2n) is 2.79. The lowest BCUT2D eigenvalue weighted by Gasteiger charge is -2.11. The van der Waals surface area contributed by atoms with Gasteiger partial charge in [0, 0.05) is 6.54 Å². The lowest BCUT2D eigenvalue weighted by molar-refractivity contribution is -0.277. The number of halogens is 4.